The largest absolute Gasteiger partial charge is 0.481 e. The van der Waals surface area contributed by atoms with E-state index in [0.29, 0.717) is 31.6 Å². The van der Waals surface area contributed by atoms with Crippen LogP contribution >= 0.6 is 0 Å². The first-order valence-corrected chi connectivity index (χ1v) is 8.84. The monoisotopic (exact) mass is 378 g/mol. The van der Waals surface area contributed by atoms with Crippen molar-refractivity contribution in [3.05, 3.63) is 41.9 Å². The van der Waals surface area contributed by atoms with Crippen molar-refractivity contribution in [2.75, 3.05) is 0 Å². The number of aromatic nitrogens is 1. The molecule has 0 radical (unpaired) electrons. The second-order valence-electron chi connectivity index (χ2n) is 6.70. The third kappa shape index (κ3) is 4.90. The van der Waals surface area contributed by atoms with Gasteiger partial charge in [0.15, 0.2) is 11.7 Å². The fraction of sp³-hybridized carbons (Fsp3) is 0.421. The zero-order chi connectivity index (χ0) is 19.4. The molecule has 1 aliphatic rings. The van der Waals surface area contributed by atoms with Crippen LogP contribution in [0.25, 0.3) is 11.3 Å². The van der Waals surface area contributed by atoms with E-state index in [1.807, 2.05) is 0 Å². The topological polar surface area (TPSA) is 92.4 Å². The second kappa shape index (κ2) is 8.28. The fourth-order valence-corrected chi connectivity index (χ4v) is 3.24. The van der Waals surface area contributed by atoms with E-state index in [9.17, 15) is 18.4 Å². The number of amides is 1. The minimum atomic E-state index is -0.780. The third-order valence-electron chi connectivity index (χ3n) is 4.76. The zero-order valence-electron chi connectivity index (χ0n) is 14.6. The molecule has 0 aliphatic heterocycles. The summed E-state index contributed by atoms with van der Waals surface area (Å²) in [6.45, 7) is 0. The number of benzene rings is 1. The molecule has 0 unspecified atom stereocenters. The molecule has 2 aromatic rings. The summed E-state index contributed by atoms with van der Waals surface area (Å²) in [5.41, 5.74) is 0.106. The van der Waals surface area contributed by atoms with Gasteiger partial charge in [0.25, 0.3) is 0 Å². The highest BCUT2D eigenvalue weighted by atomic mass is 19.1. The number of aryl methyl sites for hydroxylation is 1. The summed E-state index contributed by atoms with van der Waals surface area (Å²) in [6, 6.07) is 3.16. The standard InChI is InChI=1S/C19H20F2N2O4/c20-12-3-6-14(15(21)9-12)16-10-22-18(27-16)8-7-17(24)23-13-4-1-11(2-5-13)19(25)26/h3,6,9-11,13H,1-2,4-5,7-8H2,(H,23,24)(H,25,26). The van der Waals surface area contributed by atoms with Crippen molar-refractivity contribution in [2.24, 2.45) is 5.92 Å². The van der Waals surface area contributed by atoms with Gasteiger partial charge in [0.2, 0.25) is 5.91 Å². The Morgan fingerprint density at radius 3 is 2.63 bits per heavy atom. The Labute approximate surface area is 154 Å². The quantitative estimate of drug-likeness (QED) is 0.805. The highest BCUT2D eigenvalue weighted by Crippen LogP contribution is 2.26. The lowest BCUT2D eigenvalue weighted by molar-refractivity contribution is -0.142. The van der Waals surface area contributed by atoms with Crippen LogP contribution in [0.15, 0.2) is 28.8 Å². The van der Waals surface area contributed by atoms with Gasteiger partial charge in [-0.15, -0.1) is 0 Å². The van der Waals surface area contributed by atoms with E-state index >= 15 is 0 Å². The molecule has 2 N–H and O–H groups in total. The Hall–Kier alpha value is -2.77. The zero-order valence-corrected chi connectivity index (χ0v) is 14.6. The van der Waals surface area contributed by atoms with E-state index in [-0.39, 0.29) is 42.0 Å². The van der Waals surface area contributed by atoms with Crippen molar-refractivity contribution in [1.29, 1.82) is 0 Å². The van der Waals surface area contributed by atoms with Crippen LogP contribution in [0.2, 0.25) is 0 Å². The van der Waals surface area contributed by atoms with E-state index in [2.05, 4.69) is 10.3 Å². The number of carbonyl (C=O) groups is 2. The number of carbonyl (C=O) groups excluding carboxylic acids is 1. The Morgan fingerprint density at radius 1 is 1.22 bits per heavy atom. The van der Waals surface area contributed by atoms with Crippen LogP contribution < -0.4 is 5.32 Å². The lowest BCUT2D eigenvalue weighted by Crippen LogP contribution is -2.38. The molecule has 3 rings (SSSR count). The fourth-order valence-electron chi connectivity index (χ4n) is 3.24. The van der Waals surface area contributed by atoms with Crippen LogP contribution in [-0.2, 0) is 16.0 Å². The number of aliphatic carboxylic acids is 1. The predicted molar refractivity (Wildman–Crippen MR) is 91.7 cm³/mol. The van der Waals surface area contributed by atoms with Crippen molar-refractivity contribution in [3.63, 3.8) is 0 Å². The number of carboxylic acid groups (broad SMARTS) is 1. The molecule has 0 spiro atoms. The molecule has 0 saturated heterocycles. The first-order chi connectivity index (χ1) is 12.9. The van der Waals surface area contributed by atoms with Gasteiger partial charge in [-0.3, -0.25) is 9.59 Å². The molecule has 8 heteroatoms. The Balaban J connectivity index is 1.48. The van der Waals surface area contributed by atoms with Crippen LogP contribution in [0, 0.1) is 17.6 Å². The molecule has 0 bridgehead atoms. The van der Waals surface area contributed by atoms with Gasteiger partial charge in [-0.2, -0.15) is 0 Å². The molecule has 1 saturated carbocycles. The maximum absolute atomic E-state index is 13.8. The molecule has 1 heterocycles. The number of hydrogen-bond donors (Lipinski definition) is 2. The molecule has 0 atom stereocenters. The Bertz CT molecular complexity index is 829. The first kappa shape index (κ1) is 19.0. The molecule has 27 heavy (non-hydrogen) atoms. The summed E-state index contributed by atoms with van der Waals surface area (Å²) in [5, 5.41) is 11.9. The molecule has 6 nitrogen and oxygen atoms in total. The van der Waals surface area contributed by atoms with Crippen LogP contribution in [0.4, 0.5) is 8.78 Å². The highest BCUT2D eigenvalue weighted by molar-refractivity contribution is 5.76. The normalized spacial score (nSPS) is 19.6. The van der Waals surface area contributed by atoms with Crippen molar-refractivity contribution in [2.45, 2.75) is 44.6 Å². The number of halogens is 2. The van der Waals surface area contributed by atoms with Crippen molar-refractivity contribution >= 4 is 11.9 Å². The van der Waals surface area contributed by atoms with Crippen LogP contribution in [-0.4, -0.2) is 28.0 Å². The molecule has 1 aromatic carbocycles. The summed E-state index contributed by atoms with van der Waals surface area (Å²) in [5.74, 6) is -2.22. The molecule has 1 aromatic heterocycles. The van der Waals surface area contributed by atoms with Crippen molar-refractivity contribution in [1.82, 2.24) is 10.3 Å². The first-order valence-electron chi connectivity index (χ1n) is 8.84. The summed E-state index contributed by atoms with van der Waals surface area (Å²) in [6.07, 6.45) is 4.17. The molecule has 144 valence electrons. The van der Waals surface area contributed by atoms with Gasteiger partial charge in [0.1, 0.15) is 11.6 Å². The smallest absolute Gasteiger partial charge is 0.306 e. The van der Waals surface area contributed by atoms with Crippen molar-refractivity contribution in [3.8, 4) is 11.3 Å². The van der Waals surface area contributed by atoms with Gasteiger partial charge in [-0.1, -0.05) is 0 Å². The van der Waals surface area contributed by atoms with E-state index in [0.717, 1.165) is 12.1 Å². The van der Waals surface area contributed by atoms with Gasteiger partial charge >= 0.3 is 5.97 Å². The van der Waals surface area contributed by atoms with Gasteiger partial charge in [-0.05, 0) is 37.8 Å². The Morgan fingerprint density at radius 2 is 1.96 bits per heavy atom. The maximum atomic E-state index is 13.8. The average Bonchev–Trinajstić information content (AvgIpc) is 3.09. The summed E-state index contributed by atoms with van der Waals surface area (Å²) < 4.78 is 32.2. The average molecular weight is 378 g/mol. The second-order valence-corrected chi connectivity index (χ2v) is 6.70. The van der Waals surface area contributed by atoms with Crippen LogP contribution in [0.5, 0.6) is 0 Å². The maximum Gasteiger partial charge on any atom is 0.306 e. The minimum Gasteiger partial charge on any atom is -0.481 e. The van der Waals surface area contributed by atoms with Gasteiger partial charge in [-0.25, -0.2) is 13.8 Å². The lowest BCUT2D eigenvalue weighted by atomic mass is 9.86. The van der Waals surface area contributed by atoms with Crippen LogP contribution in [0.3, 0.4) is 0 Å². The highest BCUT2D eigenvalue weighted by Gasteiger charge is 2.26. The predicted octanol–water partition coefficient (Wildman–Crippen LogP) is 3.31. The number of nitrogens with one attached hydrogen (secondary N) is 1. The number of nitrogens with zero attached hydrogens (tertiary/aromatic N) is 1. The third-order valence-corrected chi connectivity index (χ3v) is 4.76. The van der Waals surface area contributed by atoms with Crippen LogP contribution in [0.1, 0.15) is 38.0 Å². The number of hydrogen-bond acceptors (Lipinski definition) is 4. The SMILES string of the molecule is O=C(CCc1ncc(-c2ccc(F)cc2F)o1)NC1CCC(C(=O)O)CC1. The number of oxazole rings is 1. The van der Waals surface area contributed by atoms with E-state index < -0.39 is 17.6 Å². The Kier molecular flexibility index (Phi) is 5.83. The van der Waals surface area contributed by atoms with Gasteiger partial charge < -0.3 is 14.8 Å². The molecule has 1 amide bonds. The van der Waals surface area contributed by atoms with E-state index in [1.54, 1.807) is 0 Å². The van der Waals surface area contributed by atoms with Gasteiger partial charge in [0, 0.05) is 24.9 Å². The van der Waals surface area contributed by atoms with Crippen molar-refractivity contribution < 1.29 is 27.9 Å². The molecule has 1 aliphatic carbocycles. The van der Waals surface area contributed by atoms with E-state index in [4.69, 9.17) is 9.52 Å². The number of rotatable bonds is 6. The molecular weight excluding hydrogens is 358 g/mol. The van der Waals surface area contributed by atoms with Gasteiger partial charge in [0.05, 0.1) is 17.7 Å². The minimum absolute atomic E-state index is 0.0125. The lowest BCUT2D eigenvalue weighted by Gasteiger charge is -2.26. The summed E-state index contributed by atoms with van der Waals surface area (Å²) >= 11 is 0. The van der Waals surface area contributed by atoms with E-state index in [1.165, 1.54) is 12.3 Å². The molecular formula is C19H20F2N2O4. The number of carboxylic acids is 1. The molecule has 1 fully saturated rings. The summed E-state index contributed by atoms with van der Waals surface area (Å²) in [7, 11) is 0. The summed E-state index contributed by atoms with van der Waals surface area (Å²) in [4.78, 5) is 27.0.